The van der Waals surface area contributed by atoms with Gasteiger partial charge in [0.1, 0.15) is 0 Å². The van der Waals surface area contributed by atoms with Gasteiger partial charge in [0.05, 0.1) is 23.0 Å². The maximum Gasteiger partial charge on any atom is 0.0860 e. The molecule has 0 radical (unpaired) electrons. The van der Waals surface area contributed by atoms with E-state index in [0.717, 1.165) is 29.4 Å². The van der Waals surface area contributed by atoms with Gasteiger partial charge in [0, 0.05) is 19.1 Å². The Morgan fingerprint density at radius 1 is 1.50 bits per heavy atom. The molecule has 0 saturated carbocycles. The monoisotopic (exact) mass is 245 g/mol. The first-order chi connectivity index (χ1) is 7.63. The third-order valence-corrected chi connectivity index (χ3v) is 3.22. The maximum atomic E-state index is 9.09. The molecule has 1 heterocycles. The van der Waals surface area contributed by atoms with Crippen LogP contribution in [-0.4, -0.2) is 27.5 Å². The molecule has 0 aliphatic heterocycles. The Morgan fingerprint density at radius 3 is 2.69 bits per heavy atom. The second kappa shape index (κ2) is 6.23. The molecular formula is C11H20ClN3O. The Bertz CT molecular complexity index is 334. The second-order valence-electron chi connectivity index (χ2n) is 3.83. The number of hydrogen-bond donors (Lipinski definition) is 2. The Kier molecular flexibility index (Phi) is 5.25. The van der Waals surface area contributed by atoms with Crippen molar-refractivity contribution in [3.05, 3.63) is 16.4 Å². The van der Waals surface area contributed by atoms with Crippen LogP contribution in [0.3, 0.4) is 0 Å². The van der Waals surface area contributed by atoms with E-state index in [-0.39, 0.29) is 12.6 Å². The molecule has 0 bridgehead atoms. The average Bonchev–Trinajstić information content (AvgIpc) is 2.57. The molecule has 16 heavy (non-hydrogen) atoms. The van der Waals surface area contributed by atoms with Gasteiger partial charge < -0.3 is 10.4 Å². The highest BCUT2D eigenvalue weighted by molar-refractivity contribution is 6.31. The molecule has 5 heteroatoms. The largest absolute Gasteiger partial charge is 0.395 e. The topological polar surface area (TPSA) is 50.1 Å². The molecular weight excluding hydrogens is 226 g/mol. The minimum atomic E-state index is 0.122. The third kappa shape index (κ3) is 2.97. The molecule has 1 unspecified atom stereocenters. The van der Waals surface area contributed by atoms with Gasteiger partial charge in [0.25, 0.3) is 0 Å². The van der Waals surface area contributed by atoms with Crippen LogP contribution in [0.5, 0.6) is 0 Å². The quantitative estimate of drug-likeness (QED) is 0.803. The Morgan fingerprint density at radius 2 is 2.19 bits per heavy atom. The zero-order valence-electron chi connectivity index (χ0n) is 10.1. The van der Waals surface area contributed by atoms with Gasteiger partial charge in [-0.05, 0) is 20.3 Å². The van der Waals surface area contributed by atoms with Gasteiger partial charge in [-0.15, -0.1) is 0 Å². The van der Waals surface area contributed by atoms with Crippen molar-refractivity contribution < 1.29 is 5.11 Å². The fraction of sp³-hybridized carbons (Fsp3) is 0.727. The lowest BCUT2D eigenvalue weighted by Gasteiger charge is -2.14. The van der Waals surface area contributed by atoms with E-state index in [1.807, 2.05) is 25.5 Å². The molecule has 2 N–H and O–H groups in total. The summed E-state index contributed by atoms with van der Waals surface area (Å²) in [6.45, 7) is 7.58. The molecule has 1 aromatic rings. The van der Waals surface area contributed by atoms with Crippen LogP contribution in [0.2, 0.25) is 5.02 Å². The van der Waals surface area contributed by atoms with Crippen molar-refractivity contribution in [1.29, 1.82) is 0 Å². The molecule has 1 rings (SSSR count). The van der Waals surface area contributed by atoms with Gasteiger partial charge in [0.15, 0.2) is 0 Å². The summed E-state index contributed by atoms with van der Waals surface area (Å²) >= 11 is 6.18. The van der Waals surface area contributed by atoms with Gasteiger partial charge in [0.2, 0.25) is 0 Å². The lowest BCUT2D eigenvalue weighted by molar-refractivity contribution is 0.237. The predicted molar refractivity (Wildman–Crippen MR) is 65.7 cm³/mol. The van der Waals surface area contributed by atoms with Gasteiger partial charge in [-0.3, -0.25) is 4.68 Å². The Labute approximate surface area is 102 Å². The number of halogens is 1. The van der Waals surface area contributed by atoms with Crippen LogP contribution < -0.4 is 5.32 Å². The lowest BCUT2D eigenvalue weighted by Crippen LogP contribution is -2.32. The van der Waals surface area contributed by atoms with E-state index in [1.54, 1.807) is 0 Å². The molecule has 0 saturated heterocycles. The number of aliphatic hydroxyl groups is 1. The predicted octanol–water partition coefficient (Wildman–Crippen LogP) is 1.73. The van der Waals surface area contributed by atoms with Crippen LogP contribution in [0.25, 0.3) is 0 Å². The van der Waals surface area contributed by atoms with Gasteiger partial charge in [-0.25, -0.2) is 0 Å². The normalized spacial score (nSPS) is 13.1. The van der Waals surface area contributed by atoms with Crippen molar-refractivity contribution in [1.82, 2.24) is 15.1 Å². The van der Waals surface area contributed by atoms with Gasteiger partial charge in [-0.2, -0.15) is 5.10 Å². The number of aryl methyl sites for hydroxylation is 2. The SMILES string of the molecule is CCC(CO)NCc1c(Cl)c(C)nn1CC. The highest BCUT2D eigenvalue weighted by atomic mass is 35.5. The van der Waals surface area contributed by atoms with E-state index in [1.165, 1.54) is 0 Å². The summed E-state index contributed by atoms with van der Waals surface area (Å²) in [7, 11) is 0. The fourth-order valence-corrected chi connectivity index (χ4v) is 1.82. The lowest BCUT2D eigenvalue weighted by atomic mass is 10.2. The summed E-state index contributed by atoms with van der Waals surface area (Å²) in [4.78, 5) is 0. The molecule has 0 aromatic carbocycles. The molecule has 1 atom stereocenters. The number of nitrogens with one attached hydrogen (secondary N) is 1. The van der Waals surface area contributed by atoms with E-state index in [0.29, 0.717) is 6.54 Å². The van der Waals surface area contributed by atoms with E-state index < -0.39 is 0 Å². The molecule has 0 aliphatic rings. The summed E-state index contributed by atoms with van der Waals surface area (Å²) in [5.74, 6) is 0. The number of aliphatic hydroxyl groups excluding tert-OH is 1. The number of aromatic nitrogens is 2. The summed E-state index contributed by atoms with van der Waals surface area (Å²) in [5, 5.41) is 17.4. The van der Waals surface area contributed by atoms with Crippen molar-refractivity contribution >= 4 is 11.6 Å². The van der Waals surface area contributed by atoms with Crippen molar-refractivity contribution in [2.75, 3.05) is 6.61 Å². The van der Waals surface area contributed by atoms with E-state index in [2.05, 4.69) is 10.4 Å². The maximum absolute atomic E-state index is 9.09. The zero-order valence-corrected chi connectivity index (χ0v) is 10.9. The minimum absolute atomic E-state index is 0.122. The number of hydrogen-bond acceptors (Lipinski definition) is 3. The van der Waals surface area contributed by atoms with E-state index in [9.17, 15) is 0 Å². The highest BCUT2D eigenvalue weighted by Crippen LogP contribution is 2.20. The van der Waals surface area contributed by atoms with E-state index >= 15 is 0 Å². The third-order valence-electron chi connectivity index (χ3n) is 2.72. The molecule has 0 spiro atoms. The summed E-state index contributed by atoms with van der Waals surface area (Å²) < 4.78 is 1.90. The van der Waals surface area contributed by atoms with Crippen molar-refractivity contribution in [3.8, 4) is 0 Å². The van der Waals surface area contributed by atoms with Crippen LogP contribution in [0.4, 0.5) is 0 Å². The van der Waals surface area contributed by atoms with Crippen molar-refractivity contribution in [3.63, 3.8) is 0 Å². The average molecular weight is 246 g/mol. The van der Waals surface area contributed by atoms with Crippen LogP contribution in [0.1, 0.15) is 31.7 Å². The molecule has 0 aliphatic carbocycles. The number of rotatable bonds is 6. The van der Waals surface area contributed by atoms with Gasteiger partial charge in [-0.1, -0.05) is 18.5 Å². The molecule has 92 valence electrons. The molecule has 0 amide bonds. The fourth-order valence-electron chi connectivity index (χ4n) is 1.62. The van der Waals surface area contributed by atoms with Crippen LogP contribution >= 0.6 is 11.6 Å². The Hall–Kier alpha value is -0.580. The summed E-state index contributed by atoms with van der Waals surface area (Å²) in [6.07, 6.45) is 0.896. The summed E-state index contributed by atoms with van der Waals surface area (Å²) in [5.41, 5.74) is 1.85. The smallest absolute Gasteiger partial charge is 0.0860 e. The summed E-state index contributed by atoms with van der Waals surface area (Å²) in [6, 6.07) is 0.122. The molecule has 1 aromatic heterocycles. The van der Waals surface area contributed by atoms with Crippen molar-refractivity contribution in [2.24, 2.45) is 0 Å². The van der Waals surface area contributed by atoms with Gasteiger partial charge >= 0.3 is 0 Å². The molecule has 0 fully saturated rings. The van der Waals surface area contributed by atoms with Crippen molar-refractivity contribution in [2.45, 2.75) is 46.3 Å². The second-order valence-corrected chi connectivity index (χ2v) is 4.21. The van der Waals surface area contributed by atoms with Crippen LogP contribution in [0, 0.1) is 6.92 Å². The highest BCUT2D eigenvalue weighted by Gasteiger charge is 2.13. The first kappa shape index (κ1) is 13.5. The van der Waals surface area contributed by atoms with E-state index in [4.69, 9.17) is 16.7 Å². The van der Waals surface area contributed by atoms with Crippen LogP contribution in [-0.2, 0) is 13.1 Å². The molecule has 4 nitrogen and oxygen atoms in total. The first-order valence-electron chi connectivity index (χ1n) is 5.70. The zero-order chi connectivity index (χ0) is 12.1. The van der Waals surface area contributed by atoms with Crippen LogP contribution in [0.15, 0.2) is 0 Å². The number of nitrogens with zero attached hydrogens (tertiary/aromatic N) is 2. The standard InChI is InChI=1S/C11H20ClN3O/c1-4-9(7-16)13-6-10-11(12)8(3)14-15(10)5-2/h9,13,16H,4-7H2,1-3H3. The first-order valence-corrected chi connectivity index (χ1v) is 6.07. The minimum Gasteiger partial charge on any atom is -0.395 e. The Balaban J connectivity index is 2.72.